The summed E-state index contributed by atoms with van der Waals surface area (Å²) in [5.41, 5.74) is 2.36. The minimum atomic E-state index is 0.613. The van der Waals surface area contributed by atoms with E-state index in [1.54, 1.807) is 18.2 Å². The Morgan fingerprint density at radius 1 is 1.15 bits per heavy atom. The number of aryl methyl sites for hydroxylation is 1. The van der Waals surface area contributed by atoms with Crippen LogP contribution in [0.5, 0.6) is 0 Å². The van der Waals surface area contributed by atoms with E-state index in [1.807, 2.05) is 6.92 Å². The summed E-state index contributed by atoms with van der Waals surface area (Å²) < 4.78 is 0. The van der Waals surface area contributed by atoms with Gasteiger partial charge in [0.15, 0.2) is 0 Å². The average molecular weight is 178 g/mol. The van der Waals surface area contributed by atoms with Gasteiger partial charge in [-0.2, -0.15) is 0 Å². The lowest BCUT2D eigenvalue weighted by atomic mass is 10.2. The summed E-state index contributed by atoms with van der Waals surface area (Å²) >= 11 is 0. The number of carbonyl (C=O) groups is 2. The van der Waals surface area contributed by atoms with Gasteiger partial charge in [0, 0.05) is 11.4 Å². The Bertz CT molecular complexity index is 323. The first kappa shape index (κ1) is 9.25. The molecule has 68 valence electrons. The molecule has 4 heteroatoms. The normalized spacial score (nSPS) is 9.00. The monoisotopic (exact) mass is 178 g/mol. The molecule has 0 aliphatic heterocycles. The van der Waals surface area contributed by atoms with Crippen LogP contribution in [0.25, 0.3) is 0 Å². The van der Waals surface area contributed by atoms with Crippen molar-refractivity contribution >= 4 is 24.2 Å². The van der Waals surface area contributed by atoms with Crippen LogP contribution in [0.3, 0.4) is 0 Å². The quantitative estimate of drug-likeness (QED) is 0.679. The Morgan fingerprint density at radius 2 is 1.85 bits per heavy atom. The van der Waals surface area contributed by atoms with Crippen molar-refractivity contribution < 1.29 is 9.59 Å². The van der Waals surface area contributed by atoms with Crippen LogP contribution in [0.1, 0.15) is 5.56 Å². The molecule has 13 heavy (non-hydrogen) atoms. The molecule has 1 aromatic carbocycles. The molecule has 1 aromatic rings. The fourth-order valence-electron chi connectivity index (χ4n) is 1.05. The van der Waals surface area contributed by atoms with Crippen LogP contribution in [0.2, 0.25) is 0 Å². The van der Waals surface area contributed by atoms with E-state index in [0.29, 0.717) is 18.5 Å². The van der Waals surface area contributed by atoms with E-state index < -0.39 is 0 Å². The summed E-state index contributed by atoms with van der Waals surface area (Å²) in [6.07, 6.45) is 1.23. The highest BCUT2D eigenvalue weighted by atomic mass is 16.1. The minimum absolute atomic E-state index is 0.613. The van der Waals surface area contributed by atoms with E-state index in [-0.39, 0.29) is 0 Å². The van der Waals surface area contributed by atoms with Crippen LogP contribution < -0.4 is 10.6 Å². The molecule has 0 aliphatic rings. The van der Waals surface area contributed by atoms with Gasteiger partial charge in [0.25, 0.3) is 0 Å². The molecule has 0 atom stereocenters. The lowest BCUT2D eigenvalue weighted by molar-refractivity contribution is -0.106. The molecule has 0 spiro atoms. The van der Waals surface area contributed by atoms with Gasteiger partial charge in [0.1, 0.15) is 0 Å². The molecular formula is C9H10N2O2. The molecule has 0 fully saturated rings. The third-order valence-electron chi connectivity index (χ3n) is 1.67. The number of rotatable bonds is 4. The zero-order chi connectivity index (χ0) is 9.68. The molecule has 2 amide bonds. The SMILES string of the molecule is Cc1cc(NC=O)ccc1NC=O. The van der Waals surface area contributed by atoms with Crippen molar-refractivity contribution in [2.24, 2.45) is 0 Å². The van der Waals surface area contributed by atoms with Crippen molar-refractivity contribution in [2.75, 3.05) is 10.6 Å². The predicted molar refractivity (Wildman–Crippen MR) is 50.6 cm³/mol. The fourth-order valence-corrected chi connectivity index (χ4v) is 1.05. The molecule has 1 rings (SSSR count). The predicted octanol–water partition coefficient (Wildman–Crippen LogP) is 1.13. The first-order valence-corrected chi connectivity index (χ1v) is 3.79. The van der Waals surface area contributed by atoms with Gasteiger partial charge in [0.2, 0.25) is 12.8 Å². The number of amides is 2. The summed E-state index contributed by atoms with van der Waals surface area (Å²) in [7, 11) is 0. The third kappa shape index (κ3) is 2.30. The molecule has 0 unspecified atom stereocenters. The van der Waals surface area contributed by atoms with Gasteiger partial charge in [-0.3, -0.25) is 9.59 Å². The molecule has 4 nitrogen and oxygen atoms in total. The van der Waals surface area contributed by atoms with Gasteiger partial charge in [-0.25, -0.2) is 0 Å². The van der Waals surface area contributed by atoms with Crippen LogP contribution in [-0.2, 0) is 9.59 Å². The van der Waals surface area contributed by atoms with Gasteiger partial charge in [-0.15, -0.1) is 0 Å². The van der Waals surface area contributed by atoms with Crippen LogP contribution in [0.4, 0.5) is 11.4 Å². The number of anilines is 2. The largest absolute Gasteiger partial charge is 0.329 e. The minimum Gasteiger partial charge on any atom is -0.329 e. The molecule has 2 N–H and O–H groups in total. The maximum Gasteiger partial charge on any atom is 0.211 e. The molecule has 0 saturated carbocycles. The molecule has 0 radical (unpaired) electrons. The molecule has 0 saturated heterocycles. The van der Waals surface area contributed by atoms with E-state index in [0.717, 1.165) is 11.3 Å². The molecule has 0 bridgehead atoms. The Kier molecular flexibility index (Phi) is 3.03. The first-order chi connectivity index (χ1) is 6.27. The van der Waals surface area contributed by atoms with Crippen molar-refractivity contribution in [3.05, 3.63) is 23.8 Å². The summed E-state index contributed by atoms with van der Waals surface area (Å²) in [5, 5.41) is 5.07. The van der Waals surface area contributed by atoms with Gasteiger partial charge in [-0.1, -0.05) is 0 Å². The van der Waals surface area contributed by atoms with Crippen LogP contribution >= 0.6 is 0 Å². The summed E-state index contributed by atoms with van der Waals surface area (Å²) in [6, 6.07) is 5.23. The average Bonchev–Trinajstić information content (AvgIpc) is 2.10. The Labute approximate surface area is 75.9 Å². The van der Waals surface area contributed by atoms with Gasteiger partial charge in [-0.05, 0) is 30.7 Å². The second-order valence-electron chi connectivity index (χ2n) is 2.55. The molecule has 0 aliphatic carbocycles. The van der Waals surface area contributed by atoms with Crippen LogP contribution in [0.15, 0.2) is 18.2 Å². The van der Waals surface area contributed by atoms with Gasteiger partial charge < -0.3 is 10.6 Å². The Balaban J connectivity index is 2.90. The third-order valence-corrected chi connectivity index (χ3v) is 1.67. The Morgan fingerprint density at radius 3 is 2.38 bits per heavy atom. The topological polar surface area (TPSA) is 58.2 Å². The van der Waals surface area contributed by atoms with E-state index in [4.69, 9.17) is 0 Å². The highest BCUT2D eigenvalue weighted by molar-refractivity contribution is 5.77. The van der Waals surface area contributed by atoms with Gasteiger partial charge in [0.05, 0.1) is 0 Å². The standard InChI is InChI=1S/C9H10N2O2/c1-7-4-8(10-5-12)2-3-9(7)11-6-13/h2-6H,1H3,(H,10,12)(H,11,13). The van der Waals surface area contributed by atoms with Crippen molar-refractivity contribution in [2.45, 2.75) is 6.92 Å². The van der Waals surface area contributed by atoms with Crippen molar-refractivity contribution in [1.29, 1.82) is 0 Å². The smallest absolute Gasteiger partial charge is 0.211 e. The highest BCUT2D eigenvalue weighted by Gasteiger charge is 1.97. The van der Waals surface area contributed by atoms with Gasteiger partial charge >= 0.3 is 0 Å². The first-order valence-electron chi connectivity index (χ1n) is 3.79. The molecule has 0 heterocycles. The van der Waals surface area contributed by atoms with Crippen molar-refractivity contribution in [3.63, 3.8) is 0 Å². The number of benzene rings is 1. The lowest BCUT2D eigenvalue weighted by Crippen LogP contribution is -1.98. The van der Waals surface area contributed by atoms with Crippen LogP contribution in [-0.4, -0.2) is 12.8 Å². The summed E-state index contributed by atoms with van der Waals surface area (Å²) in [5.74, 6) is 0. The Hall–Kier alpha value is -1.84. The fraction of sp³-hybridized carbons (Fsp3) is 0.111. The number of hydrogen-bond donors (Lipinski definition) is 2. The molecular weight excluding hydrogens is 168 g/mol. The second-order valence-corrected chi connectivity index (χ2v) is 2.55. The van der Waals surface area contributed by atoms with Crippen LogP contribution in [0, 0.1) is 6.92 Å². The maximum absolute atomic E-state index is 10.2. The number of carbonyl (C=O) groups excluding carboxylic acids is 2. The van der Waals surface area contributed by atoms with Crippen molar-refractivity contribution in [1.82, 2.24) is 0 Å². The summed E-state index contributed by atoms with van der Waals surface area (Å²) in [4.78, 5) is 20.3. The van der Waals surface area contributed by atoms with E-state index >= 15 is 0 Å². The number of nitrogens with one attached hydrogen (secondary N) is 2. The zero-order valence-corrected chi connectivity index (χ0v) is 7.20. The molecule has 0 aromatic heterocycles. The van der Waals surface area contributed by atoms with E-state index in [2.05, 4.69) is 10.6 Å². The van der Waals surface area contributed by atoms with E-state index in [1.165, 1.54) is 0 Å². The van der Waals surface area contributed by atoms with Crippen molar-refractivity contribution in [3.8, 4) is 0 Å². The second kappa shape index (κ2) is 4.25. The zero-order valence-electron chi connectivity index (χ0n) is 7.20. The maximum atomic E-state index is 10.2. The lowest BCUT2D eigenvalue weighted by Gasteiger charge is -2.05. The van der Waals surface area contributed by atoms with E-state index in [9.17, 15) is 9.59 Å². The number of hydrogen-bond acceptors (Lipinski definition) is 2. The highest BCUT2D eigenvalue weighted by Crippen LogP contribution is 2.18. The summed E-state index contributed by atoms with van der Waals surface area (Å²) in [6.45, 7) is 1.85.